The molecule has 21 heavy (non-hydrogen) atoms. The van der Waals surface area contributed by atoms with E-state index in [9.17, 15) is 4.79 Å². The number of rotatable bonds is 3. The molecule has 1 amide bonds. The first-order chi connectivity index (χ1) is 10.2. The second-order valence-electron chi connectivity index (χ2n) is 4.97. The monoisotopic (exact) mass is 287 g/mol. The number of piperazine rings is 1. The van der Waals surface area contributed by atoms with Crippen LogP contribution in [0, 0.1) is 11.8 Å². The lowest BCUT2D eigenvalue weighted by atomic mass is 10.0. The second-order valence-corrected chi connectivity index (χ2v) is 4.97. The fourth-order valence-electron chi connectivity index (χ4n) is 2.36. The Morgan fingerprint density at radius 1 is 1.52 bits per heavy atom. The van der Waals surface area contributed by atoms with Crippen molar-refractivity contribution in [3.05, 3.63) is 29.3 Å². The summed E-state index contributed by atoms with van der Waals surface area (Å²) in [6.07, 6.45) is 0. The maximum absolute atomic E-state index is 11.8. The Bertz CT molecular complexity index is 575. The van der Waals surface area contributed by atoms with Gasteiger partial charge in [0.25, 0.3) is 0 Å². The number of carbonyl (C=O) groups excluding carboxylic acids is 1. The van der Waals surface area contributed by atoms with E-state index >= 15 is 0 Å². The van der Waals surface area contributed by atoms with Gasteiger partial charge >= 0.3 is 0 Å². The minimum atomic E-state index is -0.139. The van der Waals surface area contributed by atoms with Crippen molar-refractivity contribution in [2.45, 2.75) is 19.5 Å². The minimum Gasteiger partial charge on any atom is -0.497 e. The zero-order chi connectivity index (χ0) is 15.2. The predicted molar refractivity (Wildman–Crippen MR) is 81.8 cm³/mol. The molecule has 1 aliphatic rings. The Morgan fingerprint density at radius 3 is 3.05 bits per heavy atom. The third kappa shape index (κ3) is 3.75. The quantitative estimate of drug-likeness (QED) is 0.786. The zero-order valence-electron chi connectivity index (χ0n) is 12.5. The van der Waals surface area contributed by atoms with E-state index in [0.29, 0.717) is 19.6 Å². The normalized spacial score (nSPS) is 18.6. The van der Waals surface area contributed by atoms with Crippen LogP contribution in [0.2, 0.25) is 0 Å². The van der Waals surface area contributed by atoms with E-state index in [1.165, 1.54) is 0 Å². The van der Waals surface area contributed by atoms with Crippen molar-refractivity contribution < 1.29 is 9.53 Å². The summed E-state index contributed by atoms with van der Waals surface area (Å²) >= 11 is 0. The highest BCUT2D eigenvalue weighted by Gasteiger charge is 2.25. The topological polar surface area (TPSA) is 67.6 Å². The molecule has 1 aromatic carbocycles. The van der Waals surface area contributed by atoms with Crippen molar-refractivity contribution >= 4 is 5.91 Å². The van der Waals surface area contributed by atoms with Gasteiger partial charge < -0.3 is 15.8 Å². The zero-order valence-corrected chi connectivity index (χ0v) is 12.5. The van der Waals surface area contributed by atoms with Crippen LogP contribution >= 0.6 is 0 Å². The molecule has 1 aromatic rings. The number of nitrogens with zero attached hydrogens (tertiary/aromatic N) is 1. The van der Waals surface area contributed by atoms with Gasteiger partial charge in [-0.3, -0.25) is 9.69 Å². The molecule has 1 saturated heterocycles. The number of methoxy groups -OCH3 is 1. The molecular weight excluding hydrogens is 266 g/mol. The summed E-state index contributed by atoms with van der Waals surface area (Å²) in [5, 5.41) is 2.87. The number of ether oxygens (including phenoxy) is 1. The van der Waals surface area contributed by atoms with Crippen LogP contribution < -0.4 is 15.8 Å². The SMILES string of the molecule is COc1ccc(C#CCN)c(CN2CCNC(=O)C2C)c1. The molecule has 2 rings (SSSR count). The minimum absolute atomic E-state index is 0.0683. The first-order valence-electron chi connectivity index (χ1n) is 7.03. The molecule has 1 heterocycles. The van der Waals surface area contributed by atoms with Gasteiger partial charge in [0.15, 0.2) is 0 Å². The van der Waals surface area contributed by atoms with Gasteiger partial charge in [0.1, 0.15) is 5.75 Å². The number of nitrogens with two attached hydrogens (primary N) is 1. The molecule has 1 unspecified atom stereocenters. The average molecular weight is 287 g/mol. The molecule has 0 aliphatic carbocycles. The maximum atomic E-state index is 11.8. The van der Waals surface area contributed by atoms with Crippen LogP contribution in [0.1, 0.15) is 18.1 Å². The molecule has 5 heteroatoms. The molecule has 1 aliphatic heterocycles. The molecule has 5 nitrogen and oxygen atoms in total. The first-order valence-corrected chi connectivity index (χ1v) is 7.03. The molecule has 3 N–H and O–H groups in total. The summed E-state index contributed by atoms with van der Waals surface area (Å²) in [4.78, 5) is 13.9. The van der Waals surface area contributed by atoms with E-state index in [0.717, 1.165) is 23.4 Å². The van der Waals surface area contributed by atoms with Crippen LogP contribution in [-0.2, 0) is 11.3 Å². The van der Waals surface area contributed by atoms with Gasteiger partial charge in [-0.1, -0.05) is 11.8 Å². The van der Waals surface area contributed by atoms with Crippen molar-refractivity contribution in [2.75, 3.05) is 26.7 Å². The van der Waals surface area contributed by atoms with Crippen LogP contribution in [-0.4, -0.2) is 43.6 Å². The summed E-state index contributed by atoms with van der Waals surface area (Å²) in [6, 6.07) is 5.65. The number of nitrogens with one attached hydrogen (secondary N) is 1. The van der Waals surface area contributed by atoms with Crippen molar-refractivity contribution in [1.82, 2.24) is 10.2 Å². The van der Waals surface area contributed by atoms with E-state index in [4.69, 9.17) is 10.5 Å². The van der Waals surface area contributed by atoms with Crippen LogP contribution in [0.5, 0.6) is 5.75 Å². The molecular formula is C16H21N3O2. The van der Waals surface area contributed by atoms with Gasteiger partial charge in [-0.05, 0) is 30.7 Å². The van der Waals surface area contributed by atoms with Gasteiger partial charge in [-0.2, -0.15) is 0 Å². The van der Waals surface area contributed by atoms with E-state index in [1.54, 1.807) is 7.11 Å². The summed E-state index contributed by atoms with van der Waals surface area (Å²) < 4.78 is 5.28. The molecule has 0 spiro atoms. The number of hydrogen-bond acceptors (Lipinski definition) is 4. The van der Waals surface area contributed by atoms with Crippen LogP contribution in [0.4, 0.5) is 0 Å². The number of carbonyl (C=O) groups is 1. The third-order valence-corrected chi connectivity index (χ3v) is 3.64. The fraction of sp³-hybridized carbons (Fsp3) is 0.438. The Kier molecular flexibility index (Phi) is 5.20. The van der Waals surface area contributed by atoms with E-state index in [1.807, 2.05) is 25.1 Å². The molecule has 0 aromatic heterocycles. The summed E-state index contributed by atoms with van der Waals surface area (Å²) in [7, 11) is 1.64. The third-order valence-electron chi connectivity index (χ3n) is 3.64. The maximum Gasteiger partial charge on any atom is 0.237 e. The van der Waals surface area contributed by atoms with Gasteiger partial charge in [0, 0.05) is 25.2 Å². The van der Waals surface area contributed by atoms with Crippen LogP contribution in [0.15, 0.2) is 18.2 Å². The van der Waals surface area contributed by atoms with Crippen molar-refractivity contribution in [2.24, 2.45) is 5.73 Å². The molecule has 1 atom stereocenters. The molecule has 1 fully saturated rings. The molecule has 0 radical (unpaired) electrons. The van der Waals surface area contributed by atoms with Gasteiger partial charge in [-0.15, -0.1) is 0 Å². The highest BCUT2D eigenvalue weighted by Crippen LogP contribution is 2.20. The van der Waals surface area contributed by atoms with Gasteiger partial charge in [0.2, 0.25) is 5.91 Å². The standard InChI is InChI=1S/C16H21N3O2/c1-12-16(20)18-8-9-19(12)11-14-10-15(21-2)6-5-13(14)4-3-7-17/h5-6,10,12H,7-9,11,17H2,1-2H3,(H,18,20). The van der Waals surface area contributed by atoms with E-state index in [2.05, 4.69) is 22.1 Å². The summed E-state index contributed by atoms with van der Waals surface area (Å²) in [5.74, 6) is 6.82. The number of amides is 1. The largest absolute Gasteiger partial charge is 0.497 e. The lowest BCUT2D eigenvalue weighted by molar-refractivity contribution is -0.128. The Balaban J connectivity index is 2.26. The van der Waals surface area contributed by atoms with Crippen molar-refractivity contribution in [3.8, 4) is 17.6 Å². The van der Waals surface area contributed by atoms with Crippen molar-refractivity contribution in [1.29, 1.82) is 0 Å². The van der Waals surface area contributed by atoms with E-state index < -0.39 is 0 Å². The Labute approximate surface area is 125 Å². The highest BCUT2D eigenvalue weighted by molar-refractivity contribution is 5.82. The number of hydrogen-bond donors (Lipinski definition) is 2. The lowest BCUT2D eigenvalue weighted by Gasteiger charge is -2.33. The first kappa shape index (κ1) is 15.4. The smallest absolute Gasteiger partial charge is 0.237 e. The van der Waals surface area contributed by atoms with Crippen LogP contribution in [0.25, 0.3) is 0 Å². The van der Waals surface area contributed by atoms with E-state index in [-0.39, 0.29) is 11.9 Å². The van der Waals surface area contributed by atoms with Gasteiger partial charge in [0.05, 0.1) is 19.7 Å². The molecule has 112 valence electrons. The summed E-state index contributed by atoms with van der Waals surface area (Å²) in [5.41, 5.74) is 7.43. The fourth-order valence-corrected chi connectivity index (χ4v) is 2.36. The highest BCUT2D eigenvalue weighted by atomic mass is 16.5. The predicted octanol–water partition coefficient (Wildman–Crippen LogP) is 0.326. The Hall–Kier alpha value is -2.03. The second kappa shape index (κ2) is 7.11. The van der Waals surface area contributed by atoms with Gasteiger partial charge in [-0.25, -0.2) is 0 Å². The summed E-state index contributed by atoms with van der Waals surface area (Å²) in [6.45, 7) is 4.42. The van der Waals surface area contributed by atoms with Crippen molar-refractivity contribution in [3.63, 3.8) is 0 Å². The number of benzene rings is 1. The van der Waals surface area contributed by atoms with Crippen LogP contribution in [0.3, 0.4) is 0 Å². The molecule has 0 bridgehead atoms. The lowest BCUT2D eigenvalue weighted by Crippen LogP contribution is -2.53. The Morgan fingerprint density at radius 2 is 2.33 bits per heavy atom. The average Bonchev–Trinajstić information content (AvgIpc) is 2.50. The molecule has 0 saturated carbocycles.